The van der Waals surface area contributed by atoms with Gasteiger partial charge in [-0.1, -0.05) is 17.7 Å². The van der Waals surface area contributed by atoms with Gasteiger partial charge in [0.15, 0.2) is 11.7 Å². The molecule has 0 aliphatic rings. The van der Waals surface area contributed by atoms with Crippen LogP contribution in [-0.4, -0.2) is 59.8 Å². The molecule has 0 saturated carbocycles. The number of H-pyrrole nitrogens is 1. The summed E-state index contributed by atoms with van der Waals surface area (Å²) in [6.45, 7) is 1.86. The first-order valence-electron chi connectivity index (χ1n) is 8.91. The SMILES string of the molecule is CN=C(NCCc1nc(-c2ccco2)n[nH]1)N(C)CCOc1cccc(Cl)c1.I. The highest BCUT2D eigenvalue weighted by Crippen LogP contribution is 2.17. The van der Waals surface area contributed by atoms with Crippen molar-refractivity contribution in [2.45, 2.75) is 6.42 Å². The fourth-order valence-electron chi connectivity index (χ4n) is 2.56. The van der Waals surface area contributed by atoms with Gasteiger partial charge in [-0.25, -0.2) is 4.98 Å². The number of hydrogen-bond donors (Lipinski definition) is 2. The lowest BCUT2D eigenvalue weighted by molar-refractivity contribution is 0.281. The van der Waals surface area contributed by atoms with Gasteiger partial charge in [-0.15, -0.1) is 24.0 Å². The van der Waals surface area contributed by atoms with Crippen molar-refractivity contribution in [1.29, 1.82) is 0 Å². The molecule has 0 radical (unpaired) electrons. The van der Waals surface area contributed by atoms with Gasteiger partial charge in [-0.2, -0.15) is 5.10 Å². The molecule has 0 fully saturated rings. The lowest BCUT2D eigenvalue weighted by Gasteiger charge is -2.22. The molecule has 29 heavy (non-hydrogen) atoms. The zero-order chi connectivity index (χ0) is 19.8. The number of halogens is 2. The highest BCUT2D eigenvalue weighted by molar-refractivity contribution is 14.0. The number of ether oxygens (including phenoxy) is 1. The number of aliphatic imine (C=N–C) groups is 1. The Balaban J connectivity index is 0.00000300. The Bertz CT molecular complexity index is 900. The monoisotopic (exact) mass is 530 g/mol. The molecule has 2 heterocycles. The lowest BCUT2D eigenvalue weighted by Crippen LogP contribution is -2.41. The van der Waals surface area contributed by atoms with Gasteiger partial charge in [0.1, 0.15) is 18.2 Å². The number of rotatable bonds is 8. The summed E-state index contributed by atoms with van der Waals surface area (Å²) in [5.41, 5.74) is 0. The minimum absolute atomic E-state index is 0. The lowest BCUT2D eigenvalue weighted by atomic mass is 10.3. The molecule has 0 bridgehead atoms. The quantitative estimate of drug-likeness (QED) is 0.263. The maximum Gasteiger partial charge on any atom is 0.216 e. The van der Waals surface area contributed by atoms with Crippen LogP contribution in [0.4, 0.5) is 0 Å². The van der Waals surface area contributed by atoms with E-state index in [1.807, 2.05) is 42.3 Å². The number of aromatic amines is 1. The fraction of sp³-hybridized carbons (Fsp3) is 0.316. The summed E-state index contributed by atoms with van der Waals surface area (Å²) < 4.78 is 11.0. The van der Waals surface area contributed by atoms with E-state index in [9.17, 15) is 0 Å². The minimum Gasteiger partial charge on any atom is -0.492 e. The van der Waals surface area contributed by atoms with Crippen molar-refractivity contribution in [2.24, 2.45) is 4.99 Å². The van der Waals surface area contributed by atoms with Crippen LogP contribution < -0.4 is 10.1 Å². The number of guanidine groups is 1. The van der Waals surface area contributed by atoms with Crippen LogP contribution in [0.25, 0.3) is 11.6 Å². The van der Waals surface area contributed by atoms with Gasteiger partial charge in [-0.3, -0.25) is 10.1 Å². The summed E-state index contributed by atoms with van der Waals surface area (Å²) in [4.78, 5) is 10.7. The van der Waals surface area contributed by atoms with Crippen molar-refractivity contribution in [3.8, 4) is 17.3 Å². The average molecular weight is 531 g/mol. The smallest absolute Gasteiger partial charge is 0.216 e. The number of likely N-dealkylation sites (N-methyl/N-ethyl adjacent to an activating group) is 1. The van der Waals surface area contributed by atoms with Crippen LogP contribution in [0.5, 0.6) is 5.75 Å². The zero-order valence-corrected chi connectivity index (χ0v) is 19.3. The molecule has 156 valence electrons. The van der Waals surface area contributed by atoms with Gasteiger partial charge in [-0.05, 0) is 30.3 Å². The molecule has 0 spiro atoms. The standard InChI is InChI=1S/C19H23ClN6O2.HI/c1-21-19(26(2)10-12-27-15-6-3-5-14(20)13-15)22-9-8-17-23-18(25-24-17)16-7-4-11-28-16;/h3-7,11,13H,8-10,12H2,1-2H3,(H,21,22)(H,23,24,25);1H. The topological polar surface area (TPSA) is 91.6 Å². The van der Waals surface area contributed by atoms with Crippen molar-refractivity contribution < 1.29 is 9.15 Å². The molecule has 1 aromatic carbocycles. The highest BCUT2D eigenvalue weighted by atomic mass is 127. The Kier molecular flexibility index (Phi) is 9.26. The highest BCUT2D eigenvalue weighted by Gasteiger charge is 2.09. The van der Waals surface area contributed by atoms with Crippen molar-refractivity contribution in [1.82, 2.24) is 25.4 Å². The second-order valence-corrected chi connectivity index (χ2v) is 6.47. The summed E-state index contributed by atoms with van der Waals surface area (Å²) in [6.07, 6.45) is 2.28. The van der Waals surface area contributed by atoms with Crippen LogP contribution in [0.15, 0.2) is 52.1 Å². The first-order valence-corrected chi connectivity index (χ1v) is 9.29. The maximum atomic E-state index is 5.96. The third kappa shape index (κ3) is 6.93. The number of nitrogens with zero attached hydrogens (tertiary/aromatic N) is 4. The summed E-state index contributed by atoms with van der Waals surface area (Å²) in [6, 6.07) is 11.0. The first kappa shape index (κ1) is 23.0. The molecular weight excluding hydrogens is 507 g/mol. The molecule has 0 unspecified atom stereocenters. The third-order valence-electron chi connectivity index (χ3n) is 3.98. The van der Waals surface area contributed by atoms with E-state index < -0.39 is 0 Å². The van der Waals surface area contributed by atoms with Crippen LogP contribution >= 0.6 is 35.6 Å². The van der Waals surface area contributed by atoms with E-state index in [0.717, 1.165) is 17.5 Å². The van der Waals surface area contributed by atoms with Crippen LogP contribution in [0.2, 0.25) is 5.02 Å². The predicted octanol–water partition coefficient (Wildman–Crippen LogP) is 3.46. The van der Waals surface area contributed by atoms with Gasteiger partial charge in [0.05, 0.1) is 12.8 Å². The summed E-state index contributed by atoms with van der Waals surface area (Å²) >= 11 is 5.96. The van der Waals surface area contributed by atoms with Crippen molar-refractivity contribution in [3.05, 3.63) is 53.5 Å². The van der Waals surface area contributed by atoms with Gasteiger partial charge < -0.3 is 19.4 Å². The molecule has 0 amide bonds. The Morgan fingerprint density at radius 3 is 2.93 bits per heavy atom. The van der Waals surface area contributed by atoms with E-state index in [1.54, 1.807) is 19.4 Å². The third-order valence-corrected chi connectivity index (χ3v) is 4.22. The van der Waals surface area contributed by atoms with Gasteiger partial charge in [0, 0.05) is 32.1 Å². The molecule has 8 nitrogen and oxygen atoms in total. The fourth-order valence-corrected chi connectivity index (χ4v) is 2.74. The van der Waals surface area contributed by atoms with Crippen molar-refractivity contribution >= 4 is 41.5 Å². The summed E-state index contributed by atoms with van der Waals surface area (Å²) in [5.74, 6) is 3.51. The van der Waals surface area contributed by atoms with Crippen LogP contribution in [0.3, 0.4) is 0 Å². The van der Waals surface area contributed by atoms with Crippen LogP contribution in [-0.2, 0) is 6.42 Å². The van der Waals surface area contributed by atoms with Gasteiger partial charge in [0.2, 0.25) is 5.82 Å². The maximum absolute atomic E-state index is 5.96. The predicted molar refractivity (Wildman–Crippen MR) is 124 cm³/mol. The average Bonchev–Trinajstić information content (AvgIpc) is 3.37. The van der Waals surface area contributed by atoms with E-state index in [2.05, 4.69) is 25.5 Å². The zero-order valence-electron chi connectivity index (χ0n) is 16.3. The van der Waals surface area contributed by atoms with E-state index in [-0.39, 0.29) is 24.0 Å². The molecule has 0 aliphatic heterocycles. The second kappa shape index (κ2) is 11.7. The Morgan fingerprint density at radius 2 is 2.21 bits per heavy atom. The minimum atomic E-state index is 0. The molecule has 2 aromatic heterocycles. The molecule has 10 heteroatoms. The van der Waals surface area contributed by atoms with E-state index in [4.69, 9.17) is 20.8 Å². The Morgan fingerprint density at radius 1 is 1.34 bits per heavy atom. The van der Waals surface area contributed by atoms with Crippen LogP contribution in [0.1, 0.15) is 5.82 Å². The molecule has 0 atom stereocenters. The largest absolute Gasteiger partial charge is 0.492 e. The Hall–Kier alpha value is -2.27. The molecule has 2 N–H and O–H groups in total. The van der Waals surface area contributed by atoms with Gasteiger partial charge in [0.25, 0.3) is 0 Å². The molecule has 3 aromatic rings. The second-order valence-electron chi connectivity index (χ2n) is 6.03. The van der Waals surface area contributed by atoms with Crippen LogP contribution in [0, 0.1) is 0 Å². The summed E-state index contributed by atoms with van der Waals surface area (Å²) in [5, 5.41) is 11.1. The molecule has 3 rings (SSSR count). The number of benzene rings is 1. The number of nitrogens with one attached hydrogen (secondary N) is 2. The summed E-state index contributed by atoms with van der Waals surface area (Å²) in [7, 11) is 3.71. The first-order chi connectivity index (χ1) is 13.7. The van der Waals surface area contributed by atoms with E-state index in [0.29, 0.717) is 42.7 Å². The number of hydrogen-bond acceptors (Lipinski definition) is 5. The Labute approximate surface area is 191 Å². The molecular formula is C19H24ClIN6O2. The number of furan rings is 1. The number of aromatic nitrogens is 3. The van der Waals surface area contributed by atoms with Crippen molar-refractivity contribution in [2.75, 3.05) is 33.8 Å². The van der Waals surface area contributed by atoms with Crippen molar-refractivity contribution in [3.63, 3.8) is 0 Å². The van der Waals surface area contributed by atoms with E-state index >= 15 is 0 Å². The van der Waals surface area contributed by atoms with Gasteiger partial charge >= 0.3 is 0 Å². The van der Waals surface area contributed by atoms with E-state index in [1.165, 1.54) is 0 Å². The molecule has 0 saturated heterocycles. The molecule has 0 aliphatic carbocycles. The normalized spacial score (nSPS) is 11.1.